The van der Waals surface area contributed by atoms with Gasteiger partial charge in [-0.25, -0.2) is 0 Å². The van der Waals surface area contributed by atoms with Crippen molar-refractivity contribution in [2.75, 3.05) is 34.4 Å². The molecule has 1 fully saturated rings. The Hall–Kier alpha value is -2.85. The fourth-order valence-electron chi connectivity index (χ4n) is 3.60. The number of nitrogens with zero attached hydrogens (tertiary/aromatic N) is 1. The van der Waals surface area contributed by atoms with Crippen LogP contribution in [0.3, 0.4) is 0 Å². The summed E-state index contributed by atoms with van der Waals surface area (Å²) in [5.41, 5.74) is 4.89. The second-order valence-electron chi connectivity index (χ2n) is 8.86. The van der Waals surface area contributed by atoms with E-state index in [2.05, 4.69) is 49.9 Å². The van der Waals surface area contributed by atoms with Gasteiger partial charge in [0.15, 0.2) is 5.78 Å². The van der Waals surface area contributed by atoms with E-state index in [-0.39, 0.29) is 11.2 Å². The van der Waals surface area contributed by atoms with Gasteiger partial charge >= 0.3 is 0 Å². The molecule has 1 saturated heterocycles. The van der Waals surface area contributed by atoms with E-state index in [0.717, 1.165) is 22.3 Å². The van der Waals surface area contributed by atoms with Crippen molar-refractivity contribution in [3.63, 3.8) is 0 Å². The Bertz CT molecular complexity index is 956. The number of likely N-dealkylation sites (N-methyl/N-ethyl adjacent to an activating group) is 1. The number of Topliss-reactive ketones (excluding diaryl/α,β-unsaturated/α-hetero) is 1. The summed E-state index contributed by atoms with van der Waals surface area (Å²) >= 11 is 0. The topological polar surface area (TPSA) is 38.8 Å². The van der Waals surface area contributed by atoms with Crippen LogP contribution in [0, 0.1) is 0 Å². The van der Waals surface area contributed by atoms with Crippen molar-refractivity contribution in [3.8, 4) is 11.5 Å². The van der Waals surface area contributed by atoms with Gasteiger partial charge in [-0.1, -0.05) is 45.0 Å². The van der Waals surface area contributed by atoms with Gasteiger partial charge in [-0.05, 0) is 53.4 Å². The maximum atomic E-state index is 13.2. The number of likely N-dealkylation sites (tertiary alicyclic amines) is 1. The normalized spacial score (nSPS) is 18.1. The average Bonchev–Trinajstić information content (AvgIpc) is 2.70. The molecule has 2 aromatic rings. The molecule has 1 heterocycles. The molecule has 0 aromatic heterocycles. The van der Waals surface area contributed by atoms with Crippen LogP contribution in [0.4, 0.5) is 0 Å². The molecular formula is C26H31NO3. The van der Waals surface area contributed by atoms with E-state index in [0.29, 0.717) is 24.6 Å². The van der Waals surface area contributed by atoms with E-state index in [1.807, 2.05) is 37.4 Å². The van der Waals surface area contributed by atoms with Crippen LogP contribution in [0.1, 0.15) is 37.5 Å². The Labute approximate surface area is 179 Å². The highest BCUT2D eigenvalue weighted by Gasteiger charge is 2.24. The molecule has 0 aliphatic carbocycles. The van der Waals surface area contributed by atoms with Crippen molar-refractivity contribution < 1.29 is 14.3 Å². The first-order valence-corrected chi connectivity index (χ1v) is 10.2. The highest BCUT2D eigenvalue weighted by atomic mass is 16.5. The lowest BCUT2D eigenvalue weighted by Crippen LogP contribution is -2.34. The van der Waals surface area contributed by atoms with Crippen molar-refractivity contribution in [2.24, 2.45) is 0 Å². The average molecular weight is 406 g/mol. The minimum atomic E-state index is 0.0924. The lowest BCUT2D eigenvalue weighted by atomic mass is 9.86. The number of hydrogen-bond donors (Lipinski definition) is 0. The standard InChI is InChI=1S/C26H31NO3/c1-26(2,3)22-9-7-18(8-10-22)11-20-16-27(4)17-21(25(20)28)12-19-13-23(29-5)15-24(14-19)30-6/h7-15H,16-17H2,1-6H3/b20-11+,21-12+. The molecule has 0 N–H and O–H groups in total. The Morgan fingerprint density at radius 2 is 1.33 bits per heavy atom. The monoisotopic (exact) mass is 405 g/mol. The summed E-state index contributed by atoms with van der Waals surface area (Å²) < 4.78 is 10.7. The molecule has 4 heteroatoms. The molecule has 2 aromatic carbocycles. The maximum absolute atomic E-state index is 13.2. The van der Waals surface area contributed by atoms with Crippen LogP contribution in [-0.2, 0) is 10.2 Å². The Morgan fingerprint density at radius 1 is 0.833 bits per heavy atom. The van der Waals surface area contributed by atoms with Crippen molar-refractivity contribution >= 4 is 17.9 Å². The Balaban J connectivity index is 1.91. The van der Waals surface area contributed by atoms with Crippen molar-refractivity contribution in [2.45, 2.75) is 26.2 Å². The third kappa shape index (κ3) is 5.19. The van der Waals surface area contributed by atoms with E-state index >= 15 is 0 Å². The van der Waals surface area contributed by atoms with Crippen LogP contribution in [0.25, 0.3) is 12.2 Å². The lowest BCUT2D eigenvalue weighted by molar-refractivity contribution is -0.113. The summed E-state index contributed by atoms with van der Waals surface area (Å²) in [6.07, 6.45) is 3.93. The second-order valence-corrected chi connectivity index (χ2v) is 8.86. The molecule has 0 saturated carbocycles. The zero-order valence-electron chi connectivity index (χ0n) is 18.8. The number of rotatable bonds is 4. The summed E-state index contributed by atoms with van der Waals surface area (Å²) in [6.45, 7) is 7.84. The predicted molar refractivity (Wildman–Crippen MR) is 123 cm³/mol. The van der Waals surface area contributed by atoms with Gasteiger partial charge in [-0.3, -0.25) is 9.69 Å². The third-order valence-corrected chi connectivity index (χ3v) is 5.30. The molecule has 0 bridgehead atoms. The van der Waals surface area contributed by atoms with Crippen molar-refractivity contribution in [1.29, 1.82) is 0 Å². The number of ether oxygens (including phenoxy) is 2. The number of piperidine rings is 1. The molecule has 0 atom stereocenters. The first-order chi connectivity index (χ1) is 14.2. The van der Waals surface area contributed by atoms with Gasteiger partial charge in [0.1, 0.15) is 11.5 Å². The van der Waals surface area contributed by atoms with Crippen LogP contribution in [-0.4, -0.2) is 45.0 Å². The van der Waals surface area contributed by atoms with Gasteiger partial charge in [0, 0.05) is 30.3 Å². The molecule has 158 valence electrons. The van der Waals surface area contributed by atoms with E-state index in [9.17, 15) is 4.79 Å². The third-order valence-electron chi connectivity index (χ3n) is 5.30. The Morgan fingerprint density at radius 3 is 1.80 bits per heavy atom. The summed E-state index contributed by atoms with van der Waals surface area (Å²) in [7, 11) is 5.27. The number of methoxy groups -OCH3 is 2. The summed E-state index contributed by atoms with van der Waals surface area (Å²) in [6, 6.07) is 14.1. The molecule has 0 amide bonds. The minimum absolute atomic E-state index is 0.0924. The van der Waals surface area contributed by atoms with Gasteiger partial charge in [0.2, 0.25) is 0 Å². The highest BCUT2D eigenvalue weighted by Crippen LogP contribution is 2.27. The van der Waals surface area contributed by atoms with Gasteiger partial charge < -0.3 is 9.47 Å². The zero-order chi connectivity index (χ0) is 21.9. The fraction of sp³-hybridized carbons (Fsp3) is 0.346. The predicted octanol–water partition coefficient (Wildman–Crippen LogP) is 4.98. The molecule has 3 rings (SSSR count). The molecule has 1 aliphatic heterocycles. The van der Waals surface area contributed by atoms with Gasteiger partial charge in [0.05, 0.1) is 14.2 Å². The largest absolute Gasteiger partial charge is 0.497 e. The first kappa shape index (κ1) is 21.8. The minimum Gasteiger partial charge on any atom is -0.497 e. The lowest BCUT2D eigenvalue weighted by Gasteiger charge is -2.26. The number of benzene rings is 2. The zero-order valence-corrected chi connectivity index (χ0v) is 18.8. The van der Waals surface area contributed by atoms with Crippen molar-refractivity contribution in [1.82, 2.24) is 4.90 Å². The smallest absolute Gasteiger partial charge is 0.187 e. The van der Waals surface area contributed by atoms with Crippen LogP contribution in [0.2, 0.25) is 0 Å². The number of hydrogen-bond acceptors (Lipinski definition) is 4. The first-order valence-electron chi connectivity index (χ1n) is 10.2. The van der Waals surface area contributed by atoms with E-state index in [1.165, 1.54) is 5.56 Å². The van der Waals surface area contributed by atoms with E-state index < -0.39 is 0 Å². The number of carbonyl (C=O) groups is 1. The highest BCUT2D eigenvalue weighted by molar-refractivity contribution is 6.14. The van der Waals surface area contributed by atoms with E-state index in [1.54, 1.807) is 14.2 Å². The molecule has 30 heavy (non-hydrogen) atoms. The van der Waals surface area contributed by atoms with Gasteiger partial charge in [-0.2, -0.15) is 0 Å². The summed E-state index contributed by atoms with van der Waals surface area (Å²) in [5.74, 6) is 1.50. The van der Waals surface area contributed by atoms with E-state index in [4.69, 9.17) is 9.47 Å². The molecule has 0 unspecified atom stereocenters. The molecular weight excluding hydrogens is 374 g/mol. The fourth-order valence-corrected chi connectivity index (χ4v) is 3.60. The van der Waals surface area contributed by atoms with Gasteiger partial charge in [-0.15, -0.1) is 0 Å². The summed E-state index contributed by atoms with van der Waals surface area (Å²) in [5, 5.41) is 0. The summed E-state index contributed by atoms with van der Waals surface area (Å²) in [4.78, 5) is 15.3. The SMILES string of the molecule is COc1cc(/C=C2\CN(C)C/C(=C\c3ccc(C(C)(C)C)cc3)C2=O)cc(OC)c1. The van der Waals surface area contributed by atoms with Gasteiger partial charge in [0.25, 0.3) is 0 Å². The molecule has 1 aliphatic rings. The molecule has 0 radical (unpaired) electrons. The van der Waals surface area contributed by atoms with Crippen LogP contribution < -0.4 is 9.47 Å². The molecule has 0 spiro atoms. The van der Waals surface area contributed by atoms with Crippen LogP contribution >= 0.6 is 0 Å². The quantitative estimate of drug-likeness (QED) is 0.672. The van der Waals surface area contributed by atoms with Crippen molar-refractivity contribution in [3.05, 3.63) is 70.3 Å². The molecule has 4 nitrogen and oxygen atoms in total. The maximum Gasteiger partial charge on any atom is 0.187 e. The Kier molecular flexibility index (Phi) is 6.47. The number of carbonyl (C=O) groups excluding carboxylic acids is 1. The van der Waals surface area contributed by atoms with Crippen LogP contribution in [0.15, 0.2) is 53.6 Å². The number of ketones is 1. The van der Waals surface area contributed by atoms with Crippen LogP contribution in [0.5, 0.6) is 11.5 Å². The second kappa shape index (κ2) is 8.88.